The third kappa shape index (κ3) is 4.54. The van der Waals surface area contributed by atoms with Crippen LogP contribution in [0.1, 0.15) is 30.2 Å². The maximum Gasteiger partial charge on any atom is 0.176 e. The summed E-state index contributed by atoms with van der Waals surface area (Å²) in [6, 6.07) is 14.2. The third-order valence-electron chi connectivity index (χ3n) is 6.19. The molecule has 0 saturated carbocycles. The van der Waals surface area contributed by atoms with E-state index in [4.69, 9.17) is 19.1 Å². The molecule has 7 nitrogen and oxygen atoms in total. The van der Waals surface area contributed by atoms with Gasteiger partial charge >= 0.3 is 0 Å². The Hall–Kier alpha value is -3.45. The molecule has 7 heteroatoms. The Labute approximate surface area is 194 Å². The fourth-order valence-corrected chi connectivity index (χ4v) is 4.50. The van der Waals surface area contributed by atoms with Gasteiger partial charge in [0.2, 0.25) is 0 Å². The van der Waals surface area contributed by atoms with Crippen LogP contribution in [0.25, 0.3) is 22.4 Å². The van der Waals surface area contributed by atoms with Crippen molar-refractivity contribution in [3.05, 3.63) is 66.3 Å². The molecule has 5 rings (SSSR count). The number of methoxy groups -OCH3 is 1. The van der Waals surface area contributed by atoms with Gasteiger partial charge in [0.25, 0.3) is 0 Å². The zero-order valence-electron chi connectivity index (χ0n) is 19.4. The molecule has 1 saturated heterocycles. The Morgan fingerprint density at radius 3 is 2.85 bits per heavy atom. The number of para-hydroxylation sites is 1. The van der Waals surface area contributed by atoms with Crippen molar-refractivity contribution in [1.82, 2.24) is 19.9 Å². The SMILES string of the molecule is COc1cccc2cc(CN3CCC[C@H](c4cc(N(C)C)nc(-c5cccnc5)n4)C3)oc12. The highest BCUT2D eigenvalue weighted by molar-refractivity contribution is 5.83. The number of fused-ring (bicyclic) bond motifs is 1. The van der Waals surface area contributed by atoms with E-state index < -0.39 is 0 Å². The van der Waals surface area contributed by atoms with Gasteiger partial charge in [-0.2, -0.15) is 0 Å². The number of ether oxygens (including phenoxy) is 1. The number of pyridine rings is 1. The molecule has 0 aliphatic carbocycles. The van der Waals surface area contributed by atoms with Crippen molar-refractivity contribution in [2.75, 3.05) is 39.2 Å². The first-order valence-corrected chi connectivity index (χ1v) is 11.3. The monoisotopic (exact) mass is 443 g/mol. The quantitative estimate of drug-likeness (QED) is 0.426. The fourth-order valence-electron chi connectivity index (χ4n) is 4.50. The maximum absolute atomic E-state index is 6.16. The van der Waals surface area contributed by atoms with Crippen LogP contribution in [-0.2, 0) is 6.54 Å². The van der Waals surface area contributed by atoms with Gasteiger partial charge < -0.3 is 14.1 Å². The van der Waals surface area contributed by atoms with Crippen LogP contribution < -0.4 is 9.64 Å². The number of likely N-dealkylation sites (tertiary alicyclic amines) is 1. The highest BCUT2D eigenvalue weighted by Gasteiger charge is 2.25. The summed E-state index contributed by atoms with van der Waals surface area (Å²) in [6.07, 6.45) is 5.83. The summed E-state index contributed by atoms with van der Waals surface area (Å²) in [6.45, 7) is 2.76. The summed E-state index contributed by atoms with van der Waals surface area (Å²) in [7, 11) is 5.71. The highest BCUT2D eigenvalue weighted by Crippen LogP contribution is 2.32. The van der Waals surface area contributed by atoms with E-state index in [0.29, 0.717) is 5.92 Å². The van der Waals surface area contributed by atoms with E-state index in [1.807, 2.05) is 49.5 Å². The lowest BCUT2D eigenvalue weighted by Crippen LogP contribution is -2.34. The van der Waals surface area contributed by atoms with Crippen LogP contribution in [0.5, 0.6) is 5.75 Å². The largest absolute Gasteiger partial charge is 0.493 e. The Kier molecular flexibility index (Phi) is 5.96. The molecule has 1 aliphatic heterocycles. The van der Waals surface area contributed by atoms with E-state index in [1.54, 1.807) is 13.3 Å². The van der Waals surface area contributed by atoms with Gasteiger partial charge in [-0.25, -0.2) is 9.97 Å². The fraction of sp³-hybridized carbons (Fsp3) is 0.346. The summed E-state index contributed by atoms with van der Waals surface area (Å²) >= 11 is 0. The van der Waals surface area contributed by atoms with Gasteiger partial charge in [-0.05, 0) is 43.7 Å². The van der Waals surface area contributed by atoms with Gasteiger partial charge in [0.1, 0.15) is 11.6 Å². The Bertz CT molecular complexity index is 1240. The van der Waals surface area contributed by atoms with Crippen LogP contribution >= 0.6 is 0 Å². The van der Waals surface area contributed by atoms with E-state index in [9.17, 15) is 0 Å². The highest BCUT2D eigenvalue weighted by atomic mass is 16.5. The van der Waals surface area contributed by atoms with Crippen molar-refractivity contribution in [3.8, 4) is 17.1 Å². The third-order valence-corrected chi connectivity index (χ3v) is 6.19. The van der Waals surface area contributed by atoms with Crippen molar-refractivity contribution in [1.29, 1.82) is 0 Å². The second-order valence-corrected chi connectivity index (χ2v) is 8.78. The number of nitrogens with zero attached hydrogens (tertiary/aromatic N) is 5. The molecule has 170 valence electrons. The summed E-state index contributed by atoms with van der Waals surface area (Å²) < 4.78 is 11.6. The molecule has 0 bridgehead atoms. The van der Waals surface area contributed by atoms with E-state index >= 15 is 0 Å². The lowest BCUT2D eigenvalue weighted by atomic mass is 9.94. The van der Waals surface area contributed by atoms with Crippen molar-refractivity contribution in [2.45, 2.75) is 25.3 Å². The normalized spacial score (nSPS) is 16.8. The second kappa shape index (κ2) is 9.19. The smallest absolute Gasteiger partial charge is 0.176 e. The minimum absolute atomic E-state index is 0.342. The number of anilines is 1. The zero-order chi connectivity index (χ0) is 22.8. The van der Waals surface area contributed by atoms with Crippen LogP contribution in [0.3, 0.4) is 0 Å². The molecule has 33 heavy (non-hydrogen) atoms. The van der Waals surface area contributed by atoms with Crippen LogP contribution in [0, 0.1) is 0 Å². The standard InChI is InChI=1S/C26H29N5O2/c1-30(2)24-14-22(28-26(29-24)19-8-5-11-27-15-19)20-9-6-12-31(16-20)17-21-13-18-7-4-10-23(32-3)25(18)33-21/h4-5,7-8,10-11,13-15,20H,6,9,12,16-17H2,1-3H3/t20-/m0/s1. The average molecular weight is 444 g/mol. The molecular formula is C26H29N5O2. The molecule has 3 aromatic heterocycles. The van der Waals surface area contributed by atoms with Crippen LogP contribution in [-0.4, -0.2) is 54.1 Å². The van der Waals surface area contributed by atoms with Gasteiger partial charge in [-0.1, -0.05) is 12.1 Å². The topological polar surface area (TPSA) is 67.5 Å². The Morgan fingerprint density at radius 2 is 2.06 bits per heavy atom. The van der Waals surface area contributed by atoms with Crippen molar-refractivity contribution in [3.63, 3.8) is 0 Å². The van der Waals surface area contributed by atoms with Gasteiger partial charge in [-0.3, -0.25) is 9.88 Å². The minimum Gasteiger partial charge on any atom is -0.493 e. The first-order valence-electron chi connectivity index (χ1n) is 11.3. The summed E-state index contributed by atoms with van der Waals surface area (Å²) in [5.74, 6) is 3.72. The molecule has 1 aliphatic rings. The molecule has 0 amide bonds. The number of rotatable bonds is 6. The number of hydrogen-bond acceptors (Lipinski definition) is 7. The van der Waals surface area contributed by atoms with E-state index in [-0.39, 0.29) is 0 Å². The molecule has 4 aromatic rings. The summed E-state index contributed by atoms with van der Waals surface area (Å²) in [4.78, 5) is 18.5. The van der Waals surface area contributed by atoms with E-state index in [0.717, 1.165) is 77.9 Å². The number of benzene rings is 1. The molecule has 1 atom stereocenters. The number of piperidine rings is 1. The van der Waals surface area contributed by atoms with Gasteiger partial charge in [0, 0.05) is 56.0 Å². The molecule has 1 fully saturated rings. The first-order chi connectivity index (χ1) is 16.1. The maximum atomic E-state index is 6.16. The Balaban J connectivity index is 1.39. The first kappa shape index (κ1) is 21.4. The van der Waals surface area contributed by atoms with Crippen LogP contribution in [0.15, 0.2) is 59.3 Å². The molecule has 4 heterocycles. The minimum atomic E-state index is 0.342. The van der Waals surface area contributed by atoms with E-state index in [1.165, 1.54) is 0 Å². The second-order valence-electron chi connectivity index (χ2n) is 8.78. The average Bonchev–Trinajstić information content (AvgIpc) is 3.27. The lowest BCUT2D eigenvalue weighted by Gasteiger charge is -2.32. The molecule has 0 N–H and O–H groups in total. The molecule has 1 aromatic carbocycles. The lowest BCUT2D eigenvalue weighted by molar-refractivity contribution is 0.186. The molecule has 0 spiro atoms. The van der Waals surface area contributed by atoms with Crippen LogP contribution in [0.4, 0.5) is 5.82 Å². The zero-order valence-corrected chi connectivity index (χ0v) is 19.4. The predicted molar refractivity (Wildman–Crippen MR) is 130 cm³/mol. The van der Waals surface area contributed by atoms with Gasteiger partial charge in [0.15, 0.2) is 17.2 Å². The van der Waals surface area contributed by atoms with Gasteiger partial charge in [0.05, 0.1) is 19.3 Å². The van der Waals surface area contributed by atoms with Crippen molar-refractivity contribution < 1.29 is 9.15 Å². The number of furan rings is 1. The summed E-state index contributed by atoms with van der Waals surface area (Å²) in [5, 5.41) is 1.07. The van der Waals surface area contributed by atoms with Crippen molar-refractivity contribution in [2.24, 2.45) is 0 Å². The summed E-state index contributed by atoms with van der Waals surface area (Å²) in [5.41, 5.74) is 2.84. The van der Waals surface area contributed by atoms with Gasteiger partial charge in [-0.15, -0.1) is 0 Å². The van der Waals surface area contributed by atoms with Crippen LogP contribution in [0.2, 0.25) is 0 Å². The predicted octanol–water partition coefficient (Wildman–Crippen LogP) is 4.74. The molecule has 0 unspecified atom stereocenters. The molecule has 0 radical (unpaired) electrons. The Morgan fingerprint density at radius 1 is 1.15 bits per heavy atom. The number of hydrogen-bond donors (Lipinski definition) is 0. The van der Waals surface area contributed by atoms with E-state index in [2.05, 4.69) is 28.1 Å². The molecular weight excluding hydrogens is 414 g/mol. The number of aromatic nitrogens is 3. The van der Waals surface area contributed by atoms with Crippen molar-refractivity contribution >= 4 is 16.8 Å².